The Morgan fingerprint density at radius 2 is 2.05 bits per heavy atom. The van der Waals surface area contributed by atoms with Crippen molar-refractivity contribution in [1.82, 2.24) is 4.90 Å². The van der Waals surface area contributed by atoms with Gasteiger partial charge in [-0.25, -0.2) is 0 Å². The predicted octanol–water partition coefficient (Wildman–Crippen LogP) is 1.27. The van der Waals surface area contributed by atoms with Gasteiger partial charge in [-0.15, -0.1) is 0 Å². The summed E-state index contributed by atoms with van der Waals surface area (Å²) in [7, 11) is 1.34. The topological polar surface area (TPSA) is 97.6 Å². The number of nitro groups is 1. The number of imide groups is 1. The molecule has 2 amide bonds. The lowest BCUT2D eigenvalue weighted by atomic mass is 9.93. The molecular weight excluding hydrogens is 264 g/mol. The van der Waals surface area contributed by atoms with Crippen LogP contribution in [0.4, 0.5) is 5.69 Å². The fourth-order valence-electron chi connectivity index (χ4n) is 2.22. The molecule has 1 atom stereocenters. The maximum absolute atomic E-state index is 12.0. The standard InChI is InChI=1S/C13H12N2O5/c1-7(16)8-3-4-11(15(19)20)9(5-8)10-6-12(17)14(2)13(10)18/h3-5,10H,6H2,1-2H3. The van der Waals surface area contributed by atoms with Crippen molar-refractivity contribution in [3.63, 3.8) is 0 Å². The van der Waals surface area contributed by atoms with Gasteiger partial charge in [0, 0.05) is 30.7 Å². The highest BCUT2D eigenvalue weighted by Gasteiger charge is 2.40. The summed E-state index contributed by atoms with van der Waals surface area (Å²) in [5.41, 5.74) is 0.141. The highest BCUT2D eigenvalue weighted by atomic mass is 16.6. The van der Waals surface area contributed by atoms with Crippen LogP contribution >= 0.6 is 0 Å². The molecule has 0 aliphatic carbocycles. The minimum atomic E-state index is -0.896. The molecule has 1 saturated heterocycles. The number of hydrogen-bond donors (Lipinski definition) is 0. The highest BCUT2D eigenvalue weighted by molar-refractivity contribution is 6.06. The van der Waals surface area contributed by atoms with E-state index in [1.807, 2.05) is 0 Å². The van der Waals surface area contributed by atoms with Gasteiger partial charge >= 0.3 is 0 Å². The van der Waals surface area contributed by atoms with Crippen molar-refractivity contribution in [3.05, 3.63) is 39.4 Å². The van der Waals surface area contributed by atoms with Crippen LogP contribution in [0.2, 0.25) is 0 Å². The summed E-state index contributed by atoms with van der Waals surface area (Å²) < 4.78 is 0. The summed E-state index contributed by atoms with van der Waals surface area (Å²) >= 11 is 0. The highest BCUT2D eigenvalue weighted by Crippen LogP contribution is 2.35. The van der Waals surface area contributed by atoms with Crippen LogP contribution in [0.15, 0.2) is 18.2 Å². The van der Waals surface area contributed by atoms with Gasteiger partial charge in [-0.2, -0.15) is 0 Å². The average Bonchev–Trinajstić information content (AvgIpc) is 2.65. The molecule has 7 nitrogen and oxygen atoms in total. The summed E-state index contributed by atoms with van der Waals surface area (Å²) in [5, 5.41) is 11.0. The number of amides is 2. The van der Waals surface area contributed by atoms with Crippen LogP contribution in [-0.4, -0.2) is 34.5 Å². The second kappa shape index (κ2) is 4.84. The molecule has 0 bridgehead atoms. The monoisotopic (exact) mass is 276 g/mol. The molecule has 104 valence electrons. The third kappa shape index (κ3) is 2.18. The van der Waals surface area contributed by atoms with Crippen LogP contribution in [-0.2, 0) is 9.59 Å². The van der Waals surface area contributed by atoms with Crippen LogP contribution in [0, 0.1) is 10.1 Å². The summed E-state index contributed by atoms with van der Waals surface area (Å²) in [4.78, 5) is 46.3. The zero-order chi connectivity index (χ0) is 15.0. The van der Waals surface area contributed by atoms with Crippen LogP contribution < -0.4 is 0 Å². The lowest BCUT2D eigenvalue weighted by Crippen LogP contribution is -2.25. The molecule has 0 radical (unpaired) electrons. The van der Waals surface area contributed by atoms with Gasteiger partial charge in [0.2, 0.25) is 11.8 Å². The number of Topliss-reactive ketones (excluding diaryl/α,β-unsaturated/α-hetero) is 1. The van der Waals surface area contributed by atoms with Gasteiger partial charge in [-0.1, -0.05) is 0 Å². The molecule has 1 aliphatic heterocycles. The molecule has 1 aliphatic rings. The minimum absolute atomic E-state index is 0.114. The minimum Gasteiger partial charge on any atom is -0.295 e. The molecule has 1 heterocycles. The van der Waals surface area contributed by atoms with Gasteiger partial charge in [0.15, 0.2) is 5.78 Å². The Balaban J connectivity index is 2.56. The molecule has 0 aromatic heterocycles. The molecule has 1 aromatic rings. The summed E-state index contributed by atoms with van der Waals surface area (Å²) in [6, 6.07) is 3.87. The van der Waals surface area contributed by atoms with Crippen molar-refractivity contribution in [2.24, 2.45) is 0 Å². The fourth-order valence-corrected chi connectivity index (χ4v) is 2.22. The average molecular weight is 276 g/mol. The number of carbonyl (C=O) groups is 3. The summed E-state index contributed by atoms with van der Waals surface area (Å²) in [5.74, 6) is -2.03. The number of benzene rings is 1. The second-order valence-corrected chi connectivity index (χ2v) is 4.63. The van der Waals surface area contributed by atoms with E-state index in [-0.39, 0.29) is 34.9 Å². The van der Waals surface area contributed by atoms with E-state index in [9.17, 15) is 24.5 Å². The molecule has 0 saturated carbocycles. The van der Waals surface area contributed by atoms with Crippen LogP contribution in [0.25, 0.3) is 0 Å². The van der Waals surface area contributed by atoms with Crippen LogP contribution in [0.3, 0.4) is 0 Å². The number of likely N-dealkylation sites (tertiary alicyclic amines) is 1. The summed E-state index contributed by atoms with van der Waals surface area (Å²) in [6.07, 6.45) is -0.114. The van der Waals surface area contributed by atoms with Crippen molar-refractivity contribution in [2.45, 2.75) is 19.3 Å². The third-order valence-electron chi connectivity index (χ3n) is 3.39. The smallest absolute Gasteiger partial charge is 0.273 e. The zero-order valence-corrected chi connectivity index (χ0v) is 11.0. The number of nitrogens with zero attached hydrogens (tertiary/aromatic N) is 2. The zero-order valence-electron chi connectivity index (χ0n) is 11.0. The molecule has 0 spiro atoms. The Labute approximate surface area is 114 Å². The van der Waals surface area contributed by atoms with E-state index in [1.54, 1.807) is 0 Å². The van der Waals surface area contributed by atoms with E-state index in [0.29, 0.717) is 0 Å². The van der Waals surface area contributed by atoms with Gasteiger partial charge in [0.1, 0.15) is 0 Å². The summed E-state index contributed by atoms with van der Waals surface area (Å²) in [6.45, 7) is 1.33. The molecule has 20 heavy (non-hydrogen) atoms. The predicted molar refractivity (Wildman–Crippen MR) is 68.2 cm³/mol. The van der Waals surface area contributed by atoms with Gasteiger partial charge in [-0.3, -0.25) is 29.4 Å². The first-order valence-electron chi connectivity index (χ1n) is 5.92. The Hall–Kier alpha value is -2.57. The molecule has 0 N–H and O–H groups in total. The van der Waals surface area contributed by atoms with Gasteiger partial charge in [-0.05, 0) is 19.1 Å². The van der Waals surface area contributed by atoms with Gasteiger partial charge < -0.3 is 0 Å². The normalized spacial score (nSPS) is 18.5. The SMILES string of the molecule is CC(=O)c1ccc([N+](=O)[O-])c(C2CC(=O)N(C)C2=O)c1. The Morgan fingerprint density at radius 3 is 2.50 bits per heavy atom. The lowest BCUT2D eigenvalue weighted by molar-refractivity contribution is -0.385. The fraction of sp³-hybridized carbons (Fsp3) is 0.308. The lowest BCUT2D eigenvalue weighted by Gasteiger charge is -2.10. The van der Waals surface area contributed by atoms with Crippen LogP contribution in [0.5, 0.6) is 0 Å². The number of carbonyl (C=O) groups excluding carboxylic acids is 3. The molecule has 1 unspecified atom stereocenters. The largest absolute Gasteiger partial charge is 0.295 e. The van der Waals surface area contributed by atoms with E-state index in [2.05, 4.69) is 0 Å². The Kier molecular flexibility index (Phi) is 3.35. The second-order valence-electron chi connectivity index (χ2n) is 4.63. The van der Waals surface area contributed by atoms with Crippen molar-refractivity contribution in [2.75, 3.05) is 7.05 Å². The maximum atomic E-state index is 12.0. The first-order valence-corrected chi connectivity index (χ1v) is 5.92. The van der Waals surface area contributed by atoms with E-state index >= 15 is 0 Å². The number of ketones is 1. The van der Waals surface area contributed by atoms with Crippen molar-refractivity contribution in [3.8, 4) is 0 Å². The quantitative estimate of drug-likeness (QED) is 0.358. The Bertz CT molecular complexity index is 638. The molecule has 1 aromatic carbocycles. The van der Waals surface area contributed by atoms with Crippen LogP contribution in [0.1, 0.15) is 35.2 Å². The van der Waals surface area contributed by atoms with Crippen molar-refractivity contribution in [1.29, 1.82) is 0 Å². The molecule has 1 fully saturated rings. The number of nitro benzene ring substituents is 1. The number of rotatable bonds is 3. The maximum Gasteiger partial charge on any atom is 0.273 e. The van der Waals surface area contributed by atoms with E-state index in [1.165, 1.54) is 32.2 Å². The van der Waals surface area contributed by atoms with Crippen molar-refractivity contribution < 1.29 is 19.3 Å². The van der Waals surface area contributed by atoms with Gasteiger partial charge in [0.25, 0.3) is 5.69 Å². The van der Waals surface area contributed by atoms with Crippen molar-refractivity contribution >= 4 is 23.3 Å². The third-order valence-corrected chi connectivity index (χ3v) is 3.39. The molecule has 7 heteroatoms. The first-order chi connectivity index (χ1) is 9.32. The number of hydrogen-bond acceptors (Lipinski definition) is 5. The van der Waals surface area contributed by atoms with Gasteiger partial charge in [0.05, 0.1) is 10.8 Å². The number of likely N-dealkylation sites (N-methyl/N-ethyl adjacent to an activating group) is 1. The molecular formula is C13H12N2O5. The van der Waals surface area contributed by atoms with E-state index < -0.39 is 16.7 Å². The molecule has 2 rings (SSSR count). The Morgan fingerprint density at radius 1 is 1.40 bits per heavy atom. The first kappa shape index (κ1) is 13.9. The van der Waals surface area contributed by atoms with E-state index in [4.69, 9.17) is 0 Å². The van der Waals surface area contributed by atoms with E-state index in [0.717, 1.165) is 4.90 Å².